The molecular weight excluding hydrogens is 238 g/mol. The first-order valence-electron chi connectivity index (χ1n) is 4.99. The van der Waals surface area contributed by atoms with Gasteiger partial charge in [0.1, 0.15) is 0 Å². The van der Waals surface area contributed by atoms with Gasteiger partial charge in [0.2, 0.25) is 5.88 Å². The van der Waals surface area contributed by atoms with Crippen LogP contribution in [0.5, 0.6) is 5.88 Å². The van der Waals surface area contributed by atoms with E-state index in [2.05, 4.69) is 4.98 Å². The van der Waals surface area contributed by atoms with Crippen molar-refractivity contribution in [1.82, 2.24) is 4.98 Å². The smallest absolute Gasteiger partial charge is 0.213 e. The van der Waals surface area contributed by atoms with Gasteiger partial charge < -0.3 is 4.74 Å². The lowest BCUT2D eigenvalue weighted by atomic mass is 10.0. The number of rotatable bonds is 3. The van der Waals surface area contributed by atoms with Crippen LogP contribution in [-0.4, -0.2) is 18.4 Å². The summed E-state index contributed by atoms with van der Waals surface area (Å²) in [7, 11) is 1.55. The van der Waals surface area contributed by atoms with Crippen LogP contribution in [0.15, 0.2) is 36.5 Å². The average Bonchev–Trinajstić information content (AvgIpc) is 2.38. The van der Waals surface area contributed by atoms with Crippen LogP contribution in [0.2, 0.25) is 5.02 Å². The molecule has 0 bridgehead atoms. The van der Waals surface area contributed by atoms with E-state index >= 15 is 0 Å². The molecule has 1 aromatic carbocycles. The van der Waals surface area contributed by atoms with Crippen molar-refractivity contribution in [1.29, 1.82) is 0 Å². The van der Waals surface area contributed by atoms with Gasteiger partial charge in [0.05, 0.1) is 7.11 Å². The highest BCUT2D eigenvalue weighted by molar-refractivity contribution is 6.31. The van der Waals surface area contributed by atoms with E-state index in [4.69, 9.17) is 16.3 Å². The minimum Gasteiger partial charge on any atom is -0.481 e. The molecule has 2 rings (SSSR count). The van der Waals surface area contributed by atoms with E-state index < -0.39 is 0 Å². The molecule has 0 saturated heterocycles. The van der Waals surface area contributed by atoms with Gasteiger partial charge in [-0.2, -0.15) is 0 Å². The highest BCUT2D eigenvalue weighted by Crippen LogP contribution is 2.27. The van der Waals surface area contributed by atoms with Crippen LogP contribution < -0.4 is 4.74 Å². The zero-order valence-electron chi connectivity index (χ0n) is 9.18. The third kappa shape index (κ3) is 2.45. The molecule has 0 aliphatic carbocycles. The van der Waals surface area contributed by atoms with Crippen molar-refractivity contribution in [3.8, 4) is 17.0 Å². The van der Waals surface area contributed by atoms with E-state index in [9.17, 15) is 4.79 Å². The van der Waals surface area contributed by atoms with Crippen molar-refractivity contribution >= 4 is 17.9 Å². The largest absolute Gasteiger partial charge is 0.481 e. The summed E-state index contributed by atoms with van der Waals surface area (Å²) in [5.74, 6) is 0.509. The number of benzene rings is 1. The number of carbonyl (C=O) groups excluding carboxylic acids is 1. The minimum absolute atomic E-state index is 0.509. The molecule has 1 aromatic heterocycles. The number of ether oxygens (including phenoxy) is 1. The Balaban J connectivity index is 2.55. The number of aldehydes is 1. The topological polar surface area (TPSA) is 39.2 Å². The lowest BCUT2D eigenvalue weighted by Crippen LogP contribution is -1.91. The first kappa shape index (κ1) is 11.6. The summed E-state index contributed by atoms with van der Waals surface area (Å²) in [6.07, 6.45) is 2.42. The van der Waals surface area contributed by atoms with E-state index in [1.54, 1.807) is 37.6 Å². The molecule has 86 valence electrons. The van der Waals surface area contributed by atoms with E-state index in [-0.39, 0.29) is 0 Å². The number of methoxy groups -OCH3 is 1. The Hall–Kier alpha value is -1.87. The first-order chi connectivity index (χ1) is 8.24. The van der Waals surface area contributed by atoms with Crippen molar-refractivity contribution < 1.29 is 9.53 Å². The lowest BCUT2D eigenvalue weighted by molar-refractivity contribution is 0.112. The molecule has 0 radical (unpaired) electrons. The fourth-order valence-corrected chi connectivity index (χ4v) is 1.76. The maximum Gasteiger partial charge on any atom is 0.213 e. The molecule has 0 atom stereocenters. The first-order valence-corrected chi connectivity index (χ1v) is 5.37. The molecule has 0 saturated carbocycles. The number of carbonyl (C=O) groups is 1. The van der Waals surface area contributed by atoms with Crippen molar-refractivity contribution in [2.45, 2.75) is 0 Å². The SMILES string of the molecule is COc1cc(-c2ccc(Cl)cc2C=O)ccn1. The summed E-state index contributed by atoms with van der Waals surface area (Å²) in [6, 6.07) is 8.78. The van der Waals surface area contributed by atoms with Crippen LogP contribution in [0, 0.1) is 0 Å². The Morgan fingerprint density at radius 3 is 2.82 bits per heavy atom. The molecule has 0 amide bonds. The Kier molecular flexibility index (Phi) is 3.40. The number of pyridine rings is 1. The van der Waals surface area contributed by atoms with Crippen molar-refractivity contribution in [3.63, 3.8) is 0 Å². The van der Waals surface area contributed by atoms with Gasteiger partial charge in [0.15, 0.2) is 6.29 Å². The summed E-state index contributed by atoms with van der Waals surface area (Å²) < 4.78 is 5.05. The van der Waals surface area contributed by atoms with Gasteiger partial charge in [-0.15, -0.1) is 0 Å². The molecule has 3 nitrogen and oxygen atoms in total. The molecule has 0 spiro atoms. The molecule has 0 aliphatic heterocycles. The van der Waals surface area contributed by atoms with Crippen LogP contribution in [-0.2, 0) is 0 Å². The zero-order chi connectivity index (χ0) is 12.3. The summed E-state index contributed by atoms with van der Waals surface area (Å²) in [5.41, 5.74) is 2.23. The Labute approximate surface area is 104 Å². The normalized spacial score (nSPS) is 10.0. The molecule has 0 aliphatic rings. The van der Waals surface area contributed by atoms with Crippen molar-refractivity contribution in [2.24, 2.45) is 0 Å². The average molecular weight is 248 g/mol. The highest BCUT2D eigenvalue weighted by atomic mass is 35.5. The van der Waals surface area contributed by atoms with Crippen LogP contribution in [0.1, 0.15) is 10.4 Å². The Bertz CT molecular complexity index is 555. The second-order valence-corrected chi connectivity index (χ2v) is 3.87. The summed E-state index contributed by atoms with van der Waals surface area (Å²) >= 11 is 5.85. The predicted octanol–water partition coefficient (Wildman–Crippen LogP) is 3.22. The standard InChI is InChI=1S/C13H10ClNO2/c1-17-13-7-9(4-5-15-13)12-3-2-11(14)6-10(12)8-16/h2-8H,1H3. The fourth-order valence-electron chi connectivity index (χ4n) is 1.58. The van der Waals surface area contributed by atoms with Gasteiger partial charge in [0.25, 0.3) is 0 Å². The summed E-state index contributed by atoms with van der Waals surface area (Å²) in [5, 5.41) is 0.539. The number of halogens is 1. The van der Waals surface area contributed by atoms with Gasteiger partial charge in [-0.3, -0.25) is 4.79 Å². The highest BCUT2D eigenvalue weighted by Gasteiger charge is 2.06. The van der Waals surface area contributed by atoms with Gasteiger partial charge in [-0.05, 0) is 29.3 Å². The van der Waals surface area contributed by atoms with Crippen molar-refractivity contribution in [3.05, 3.63) is 47.1 Å². The van der Waals surface area contributed by atoms with E-state index in [1.807, 2.05) is 6.07 Å². The van der Waals surface area contributed by atoms with Gasteiger partial charge in [0, 0.05) is 22.8 Å². The van der Waals surface area contributed by atoms with Gasteiger partial charge in [-0.25, -0.2) is 4.98 Å². The second-order valence-electron chi connectivity index (χ2n) is 3.44. The van der Waals surface area contributed by atoms with Crippen LogP contribution >= 0.6 is 11.6 Å². The number of hydrogen-bond donors (Lipinski definition) is 0. The molecule has 0 unspecified atom stereocenters. The van der Waals surface area contributed by atoms with Gasteiger partial charge >= 0.3 is 0 Å². The summed E-state index contributed by atoms with van der Waals surface area (Å²) in [4.78, 5) is 15.0. The fraction of sp³-hybridized carbons (Fsp3) is 0.0769. The summed E-state index contributed by atoms with van der Waals surface area (Å²) in [6.45, 7) is 0. The van der Waals surface area contributed by atoms with Gasteiger partial charge in [-0.1, -0.05) is 17.7 Å². The minimum atomic E-state index is 0.509. The Morgan fingerprint density at radius 2 is 2.12 bits per heavy atom. The number of aromatic nitrogens is 1. The molecular formula is C13H10ClNO2. The quantitative estimate of drug-likeness (QED) is 0.782. The molecule has 0 N–H and O–H groups in total. The molecule has 1 heterocycles. The third-order valence-corrected chi connectivity index (χ3v) is 2.63. The van der Waals surface area contributed by atoms with Crippen molar-refractivity contribution in [2.75, 3.05) is 7.11 Å². The Morgan fingerprint density at radius 1 is 1.29 bits per heavy atom. The van der Waals surface area contributed by atoms with Crippen LogP contribution in [0.25, 0.3) is 11.1 Å². The van der Waals surface area contributed by atoms with E-state index in [1.165, 1.54) is 0 Å². The molecule has 2 aromatic rings. The molecule has 4 heteroatoms. The van der Waals surface area contributed by atoms with Crippen LogP contribution in [0.4, 0.5) is 0 Å². The number of nitrogens with zero attached hydrogens (tertiary/aromatic N) is 1. The maximum atomic E-state index is 11.0. The zero-order valence-corrected chi connectivity index (χ0v) is 9.94. The molecule has 0 fully saturated rings. The lowest BCUT2D eigenvalue weighted by Gasteiger charge is -2.06. The second kappa shape index (κ2) is 4.97. The van der Waals surface area contributed by atoms with Crippen LogP contribution in [0.3, 0.4) is 0 Å². The van der Waals surface area contributed by atoms with E-state index in [0.29, 0.717) is 16.5 Å². The third-order valence-electron chi connectivity index (χ3n) is 2.40. The van der Waals surface area contributed by atoms with E-state index in [0.717, 1.165) is 17.4 Å². The predicted molar refractivity (Wildman–Crippen MR) is 66.6 cm³/mol. The maximum absolute atomic E-state index is 11.0. The molecule has 17 heavy (non-hydrogen) atoms. The number of hydrogen-bond acceptors (Lipinski definition) is 3. The monoisotopic (exact) mass is 247 g/mol.